The summed E-state index contributed by atoms with van der Waals surface area (Å²) in [5, 5.41) is 9.30. The number of amides is 2. The summed E-state index contributed by atoms with van der Waals surface area (Å²) in [5.74, 6) is 0.261. The molecule has 24 heavy (non-hydrogen) atoms. The van der Waals surface area contributed by atoms with Crippen molar-refractivity contribution in [2.75, 3.05) is 25.0 Å². The molecule has 6 heteroatoms. The van der Waals surface area contributed by atoms with Gasteiger partial charge >= 0.3 is 0 Å². The third kappa shape index (κ3) is 4.95. The minimum absolute atomic E-state index is 0. The van der Waals surface area contributed by atoms with Gasteiger partial charge in [-0.15, -0.1) is 12.4 Å². The predicted octanol–water partition coefficient (Wildman–Crippen LogP) is 2.43. The van der Waals surface area contributed by atoms with Gasteiger partial charge < -0.3 is 10.6 Å². The Morgan fingerprint density at radius 1 is 1.12 bits per heavy atom. The molecule has 3 N–H and O–H groups in total. The third-order valence-electron chi connectivity index (χ3n) is 4.87. The van der Waals surface area contributed by atoms with Crippen LogP contribution in [0.2, 0.25) is 0 Å². The van der Waals surface area contributed by atoms with E-state index >= 15 is 0 Å². The van der Waals surface area contributed by atoms with Crippen molar-refractivity contribution >= 4 is 29.9 Å². The molecule has 1 unspecified atom stereocenters. The van der Waals surface area contributed by atoms with Gasteiger partial charge in [-0.1, -0.05) is 12.1 Å². The third-order valence-corrected chi connectivity index (χ3v) is 4.87. The first kappa shape index (κ1) is 18.7. The Morgan fingerprint density at radius 2 is 1.92 bits per heavy atom. The zero-order valence-corrected chi connectivity index (χ0v) is 14.7. The van der Waals surface area contributed by atoms with Crippen molar-refractivity contribution in [3.63, 3.8) is 0 Å². The highest BCUT2D eigenvalue weighted by Crippen LogP contribution is 2.26. The van der Waals surface area contributed by atoms with Gasteiger partial charge in [-0.3, -0.25) is 14.9 Å². The zero-order valence-electron chi connectivity index (χ0n) is 13.8. The molecule has 1 aromatic carbocycles. The average Bonchev–Trinajstić information content (AvgIpc) is 2.56. The van der Waals surface area contributed by atoms with E-state index in [0.717, 1.165) is 36.8 Å². The molecular weight excluding hydrogens is 326 g/mol. The van der Waals surface area contributed by atoms with Crippen LogP contribution in [-0.2, 0) is 9.59 Å². The van der Waals surface area contributed by atoms with Crippen molar-refractivity contribution in [1.29, 1.82) is 0 Å². The maximum absolute atomic E-state index is 12.0. The second-order valence-electron chi connectivity index (χ2n) is 6.54. The number of hydrogen-bond donors (Lipinski definition) is 3. The quantitative estimate of drug-likeness (QED) is 0.712. The van der Waals surface area contributed by atoms with Crippen LogP contribution in [0.4, 0.5) is 5.69 Å². The highest BCUT2D eigenvalue weighted by Gasteiger charge is 2.27. The summed E-state index contributed by atoms with van der Waals surface area (Å²) >= 11 is 0. The van der Waals surface area contributed by atoms with Gasteiger partial charge in [0.1, 0.15) is 0 Å². The molecular formula is C18H26ClN3O2. The van der Waals surface area contributed by atoms with Crippen molar-refractivity contribution in [3.05, 3.63) is 29.8 Å². The number of carbonyl (C=O) groups excluding carboxylic acids is 2. The van der Waals surface area contributed by atoms with E-state index < -0.39 is 0 Å². The van der Waals surface area contributed by atoms with Crippen LogP contribution in [0.5, 0.6) is 0 Å². The fourth-order valence-corrected chi connectivity index (χ4v) is 3.47. The Bertz CT molecular complexity index is 573. The van der Waals surface area contributed by atoms with Crippen LogP contribution >= 0.6 is 12.4 Å². The Kier molecular flexibility index (Phi) is 7.06. The van der Waals surface area contributed by atoms with E-state index in [1.165, 1.54) is 19.3 Å². The summed E-state index contributed by atoms with van der Waals surface area (Å²) in [6, 6.07) is 8.03. The number of imide groups is 1. The normalized spacial score (nSPS) is 21.8. The van der Waals surface area contributed by atoms with Gasteiger partial charge in [0, 0.05) is 18.7 Å². The van der Waals surface area contributed by atoms with E-state index in [1.54, 1.807) is 0 Å². The van der Waals surface area contributed by atoms with Crippen LogP contribution < -0.4 is 16.0 Å². The molecule has 0 bridgehead atoms. The van der Waals surface area contributed by atoms with Gasteiger partial charge in [0.2, 0.25) is 11.8 Å². The molecule has 1 aromatic rings. The van der Waals surface area contributed by atoms with Crippen LogP contribution in [0.3, 0.4) is 0 Å². The number of halogens is 1. The maximum Gasteiger partial charge on any atom is 0.234 e. The maximum atomic E-state index is 12.0. The lowest BCUT2D eigenvalue weighted by molar-refractivity contribution is -0.134. The van der Waals surface area contributed by atoms with Gasteiger partial charge in [-0.2, -0.15) is 0 Å². The molecule has 5 nitrogen and oxygen atoms in total. The lowest BCUT2D eigenvalue weighted by Crippen LogP contribution is -2.39. The molecule has 2 aliphatic rings. The Labute approximate surface area is 149 Å². The van der Waals surface area contributed by atoms with Gasteiger partial charge in [-0.25, -0.2) is 0 Å². The van der Waals surface area contributed by atoms with E-state index in [-0.39, 0.29) is 30.1 Å². The molecule has 2 fully saturated rings. The van der Waals surface area contributed by atoms with Gasteiger partial charge in [0.25, 0.3) is 0 Å². The molecule has 0 spiro atoms. The largest absolute Gasteiger partial charge is 0.385 e. The van der Waals surface area contributed by atoms with Crippen molar-refractivity contribution in [2.24, 2.45) is 5.92 Å². The van der Waals surface area contributed by atoms with Crippen molar-refractivity contribution in [3.8, 4) is 0 Å². The van der Waals surface area contributed by atoms with E-state index in [4.69, 9.17) is 0 Å². The lowest BCUT2D eigenvalue weighted by Gasteiger charge is -2.23. The number of benzene rings is 1. The van der Waals surface area contributed by atoms with Crippen molar-refractivity contribution < 1.29 is 9.59 Å². The summed E-state index contributed by atoms with van der Waals surface area (Å²) in [7, 11) is 0. The highest BCUT2D eigenvalue weighted by atomic mass is 35.5. The lowest BCUT2D eigenvalue weighted by atomic mass is 9.90. The second kappa shape index (κ2) is 9.04. The van der Waals surface area contributed by atoms with Crippen LogP contribution in [0.25, 0.3) is 0 Å². The van der Waals surface area contributed by atoms with Gasteiger partial charge in [0.05, 0.1) is 5.92 Å². The van der Waals surface area contributed by atoms with Gasteiger partial charge in [0.15, 0.2) is 0 Å². The minimum Gasteiger partial charge on any atom is -0.385 e. The fraction of sp³-hybridized carbons (Fsp3) is 0.556. The summed E-state index contributed by atoms with van der Waals surface area (Å²) in [6.07, 6.45) is 4.73. The zero-order chi connectivity index (χ0) is 16.1. The predicted molar refractivity (Wildman–Crippen MR) is 97.5 cm³/mol. The molecule has 0 saturated carbocycles. The number of rotatable bonds is 5. The molecule has 132 valence electrons. The molecule has 2 heterocycles. The molecule has 2 aliphatic heterocycles. The molecule has 2 saturated heterocycles. The summed E-state index contributed by atoms with van der Waals surface area (Å²) in [4.78, 5) is 23.2. The number of nitrogens with one attached hydrogen (secondary N) is 3. The van der Waals surface area contributed by atoms with Crippen molar-refractivity contribution in [1.82, 2.24) is 10.6 Å². The number of hydrogen-bond acceptors (Lipinski definition) is 4. The molecule has 2 amide bonds. The minimum atomic E-state index is -0.209. The number of piperidine rings is 2. The monoisotopic (exact) mass is 351 g/mol. The van der Waals surface area contributed by atoms with Crippen LogP contribution in [0.1, 0.15) is 43.6 Å². The first-order valence-electron chi connectivity index (χ1n) is 8.60. The van der Waals surface area contributed by atoms with E-state index in [9.17, 15) is 9.59 Å². The fourth-order valence-electron chi connectivity index (χ4n) is 3.47. The molecule has 0 aromatic heterocycles. The van der Waals surface area contributed by atoms with E-state index in [1.807, 2.05) is 24.3 Å². The first-order chi connectivity index (χ1) is 11.2. The molecule has 0 radical (unpaired) electrons. The standard InChI is InChI=1S/C18H25N3O2.ClH/c22-17-5-4-16(18(23)21-17)14-2-1-3-15(12-14)20-11-8-13-6-9-19-10-7-13;/h1-3,12-13,16,19-20H,4-11H2,(H,21,22,23);1H. The van der Waals surface area contributed by atoms with E-state index in [0.29, 0.717) is 12.8 Å². The Morgan fingerprint density at radius 3 is 2.67 bits per heavy atom. The average molecular weight is 352 g/mol. The summed E-state index contributed by atoms with van der Waals surface area (Å²) < 4.78 is 0. The summed E-state index contributed by atoms with van der Waals surface area (Å²) in [5.41, 5.74) is 2.04. The molecule has 0 aliphatic carbocycles. The second-order valence-corrected chi connectivity index (χ2v) is 6.54. The van der Waals surface area contributed by atoms with Crippen LogP contribution in [0.15, 0.2) is 24.3 Å². The van der Waals surface area contributed by atoms with Crippen LogP contribution in [0, 0.1) is 5.92 Å². The SMILES string of the molecule is Cl.O=C1CCC(c2cccc(NCCC3CCNCC3)c2)C(=O)N1. The van der Waals surface area contributed by atoms with E-state index in [2.05, 4.69) is 16.0 Å². The van der Waals surface area contributed by atoms with Gasteiger partial charge in [-0.05, 0) is 62.4 Å². The van der Waals surface area contributed by atoms with Crippen molar-refractivity contribution in [2.45, 2.75) is 38.0 Å². The molecule has 3 rings (SSSR count). The summed E-state index contributed by atoms with van der Waals surface area (Å²) in [6.45, 7) is 3.23. The Hall–Kier alpha value is -1.59. The highest BCUT2D eigenvalue weighted by molar-refractivity contribution is 6.01. The van der Waals surface area contributed by atoms with Crippen LogP contribution in [-0.4, -0.2) is 31.4 Å². The first-order valence-corrected chi connectivity index (χ1v) is 8.60. The molecule has 1 atom stereocenters. The smallest absolute Gasteiger partial charge is 0.234 e. The topological polar surface area (TPSA) is 70.2 Å². The Balaban J connectivity index is 0.00000208. The number of anilines is 1. The number of carbonyl (C=O) groups is 2.